The lowest BCUT2D eigenvalue weighted by Crippen LogP contribution is -2.51. The third-order valence-electron chi connectivity index (χ3n) is 5.69. The first-order chi connectivity index (χ1) is 15.2. The summed E-state index contributed by atoms with van der Waals surface area (Å²) in [6.07, 6.45) is 0.228. The molecule has 1 aromatic heterocycles. The van der Waals surface area contributed by atoms with Crippen LogP contribution in [0.2, 0.25) is 0 Å². The Morgan fingerprint density at radius 1 is 1.00 bits per heavy atom. The Labute approximate surface area is 193 Å². The van der Waals surface area contributed by atoms with Crippen LogP contribution in [0.5, 0.6) is 0 Å². The van der Waals surface area contributed by atoms with Gasteiger partial charge in [-0.05, 0) is 38.5 Å². The molecule has 0 bridgehead atoms. The van der Waals surface area contributed by atoms with Gasteiger partial charge in [-0.3, -0.25) is 4.79 Å². The summed E-state index contributed by atoms with van der Waals surface area (Å²) in [4.78, 5) is 19.5. The second-order valence-corrected chi connectivity index (χ2v) is 11.0. The van der Waals surface area contributed by atoms with Crippen LogP contribution in [0.4, 0.5) is 0 Å². The summed E-state index contributed by atoms with van der Waals surface area (Å²) >= 11 is 1.53. The molecule has 8 heteroatoms. The van der Waals surface area contributed by atoms with E-state index >= 15 is 0 Å². The van der Waals surface area contributed by atoms with Gasteiger partial charge in [0.25, 0.3) is 0 Å². The largest absolute Gasteiger partial charge is 0.340 e. The molecule has 1 fully saturated rings. The number of carbonyl (C=O) groups is 1. The van der Waals surface area contributed by atoms with Crippen molar-refractivity contribution < 1.29 is 13.2 Å². The molecule has 0 aliphatic carbocycles. The van der Waals surface area contributed by atoms with E-state index in [4.69, 9.17) is 0 Å². The third-order valence-corrected chi connectivity index (χ3v) is 8.69. The minimum absolute atomic E-state index is 0.0188. The number of piperazine rings is 1. The zero-order valence-electron chi connectivity index (χ0n) is 18.5. The molecule has 0 radical (unpaired) electrons. The molecule has 0 N–H and O–H groups in total. The molecule has 1 saturated heterocycles. The number of thiazole rings is 1. The van der Waals surface area contributed by atoms with E-state index in [-0.39, 0.29) is 12.3 Å². The first-order valence-corrected chi connectivity index (χ1v) is 12.9. The molecular weight excluding hydrogens is 442 g/mol. The van der Waals surface area contributed by atoms with Crippen LogP contribution in [0.1, 0.15) is 22.4 Å². The maximum Gasteiger partial charge on any atom is 0.243 e. The summed E-state index contributed by atoms with van der Waals surface area (Å²) < 4.78 is 27.6. The van der Waals surface area contributed by atoms with Crippen molar-refractivity contribution in [3.05, 3.63) is 70.2 Å². The van der Waals surface area contributed by atoms with Gasteiger partial charge >= 0.3 is 0 Å². The van der Waals surface area contributed by atoms with Crippen molar-refractivity contribution in [2.75, 3.05) is 26.2 Å². The summed E-state index contributed by atoms with van der Waals surface area (Å²) in [5.74, 6) is -0.0188. The van der Waals surface area contributed by atoms with Gasteiger partial charge in [0.2, 0.25) is 15.9 Å². The van der Waals surface area contributed by atoms with Gasteiger partial charge in [0.05, 0.1) is 17.0 Å². The monoisotopic (exact) mass is 469 g/mol. The van der Waals surface area contributed by atoms with Crippen molar-refractivity contribution in [2.24, 2.45) is 0 Å². The molecule has 1 aliphatic heterocycles. The van der Waals surface area contributed by atoms with E-state index in [0.717, 1.165) is 27.4 Å². The lowest BCUT2D eigenvalue weighted by atomic mass is 10.1. The van der Waals surface area contributed by atoms with Crippen molar-refractivity contribution in [2.45, 2.75) is 32.1 Å². The van der Waals surface area contributed by atoms with Gasteiger partial charge in [-0.1, -0.05) is 41.5 Å². The predicted octanol–water partition coefficient (Wildman–Crippen LogP) is 3.81. The zero-order valence-corrected chi connectivity index (χ0v) is 20.2. The van der Waals surface area contributed by atoms with Crippen molar-refractivity contribution in [3.8, 4) is 10.6 Å². The molecule has 2 heterocycles. The minimum atomic E-state index is -3.56. The molecule has 168 valence electrons. The molecule has 1 aliphatic rings. The highest BCUT2D eigenvalue weighted by molar-refractivity contribution is 7.89. The highest BCUT2D eigenvalue weighted by Gasteiger charge is 2.31. The molecule has 3 aromatic rings. The van der Waals surface area contributed by atoms with E-state index in [1.54, 1.807) is 11.0 Å². The Morgan fingerprint density at radius 2 is 1.72 bits per heavy atom. The van der Waals surface area contributed by atoms with E-state index in [0.29, 0.717) is 31.1 Å². The van der Waals surface area contributed by atoms with Crippen LogP contribution in [0.3, 0.4) is 0 Å². The van der Waals surface area contributed by atoms with Gasteiger partial charge in [0.15, 0.2) is 0 Å². The van der Waals surface area contributed by atoms with Crippen LogP contribution in [-0.2, 0) is 21.2 Å². The first-order valence-electron chi connectivity index (χ1n) is 10.6. The number of benzene rings is 2. The SMILES string of the molecule is Cc1cccc(-c2nc(CC(=O)N3CCN(S(=O)(=O)c4ccc(C)cc4C)CC3)cs2)c1. The molecular formula is C24H27N3O3S2. The number of hydrogen-bond donors (Lipinski definition) is 0. The van der Waals surface area contributed by atoms with Crippen LogP contribution >= 0.6 is 11.3 Å². The Hall–Kier alpha value is -2.55. The summed E-state index contributed by atoms with van der Waals surface area (Å²) in [7, 11) is -3.56. The average Bonchev–Trinajstić information content (AvgIpc) is 3.22. The number of aromatic nitrogens is 1. The molecule has 2 aromatic carbocycles. The maximum atomic E-state index is 13.1. The number of amides is 1. The summed E-state index contributed by atoms with van der Waals surface area (Å²) in [5, 5.41) is 2.83. The number of carbonyl (C=O) groups excluding carboxylic acids is 1. The van der Waals surface area contributed by atoms with Gasteiger partial charge in [-0.2, -0.15) is 4.31 Å². The highest BCUT2D eigenvalue weighted by atomic mass is 32.2. The minimum Gasteiger partial charge on any atom is -0.340 e. The van der Waals surface area contributed by atoms with Gasteiger partial charge < -0.3 is 4.90 Å². The van der Waals surface area contributed by atoms with Crippen LogP contribution in [-0.4, -0.2) is 54.7 Å². The smallest absolute Gasteiger partial charge is 0.243 e. The number of rotatable bonds is 5. The summed E-state index contributed by atoms with van der Waals surface area (Å²) in [5.41, 5.74) is 4.76. The number of aryl methyl sites for hydroxylation is 3. The van der Waals surface area contributed by atoms with E-state index in [1.807, 2.05) is 56.5 Å². The molecule has 0 atom stereocenters. The fourth-order valence-corrected chi connectivity index (χ4v) is 6.42. The predicted molar refractivity (Wildman–Crippen MR) is 127 cm³/mol. The van der Waals surface area contributed by atoms with Crippen molar-refractivity contribution in [1.82, 2.24) is 14.2 Å². The Bertz CT molecular complexity index is 1240. The molecule has 1 amide bonds. The van der Waals surface area contributed by atoms with Crippen LogP contribution < -0.4 is 0 Å². The van der Waals surface area contributed by atoms with Crippen LogP contribution in [0.15, 0.2) is 52.7 Å². The van der Waals surface area contributed by atoms with Crippen molar-refractivity contribution >= 4 is 27.3 Å². The molecule has 4 rings (SSSR count). The van der Waals surface area contributed by atoms with Gasteiger partial charge in [0, 0.05) is 37.1 Å². The van der Waals surface area contributed by atoms with E-state index in [9.17, 15) is 13.2 Å². The van der Waals surface area contributed by atoms with E-state index < -0.39 is 10.0 Å². The van der Waals surface area contributed by atoms with E-state index in [2.05, 4.69) is 11.1 Å². The second kappa shape index (κ2) is 9.13. The fraction of sp³-hybridized carbons (Fsp3) is 0.333. The molecule has 0 spiro atoms. The standard InChI is InChI=1S/C24H27N3O3S2/c1-17-5-4-6-20(14-17)24-25-21(16-31-24)15-23(28)26-9-11-27(12-10-26)32(29,30)22-8-7-18(2)13-19(22)3/h4-8,13-14,16H,9-12,15H2,1-3H3. The Balaban J connectivity index is 1.38. The zero-order chi connectivity index (χ0) is 22.9. The van der Waals surface area contributed by atoms with Crippen molar-refractivity contribution in [3.63, 3.8) is 0 Å². The topological polar surface area (TPSA) is 70.6 Å². The number of nitrogens with zero attached hydrogens (tertiary/aromatic N) is 3. The van der Waals surface area contributed by atoms with Crippen molar-refractivity contribution in [1.29, 1.82) is 0 Å². The number of hydrogen-bond acceptors (Lipinski definition) is 5. The van der Waals surface area contributed by atoms with E-state index in [1.165, 1.54) is 21.2 Å². The molecule has 6 nitrogen and oxygen atoms in total. The maximum absolute atomic E-state index is 13.1. The Morgan fingerprint density at radius 3 is 2.41 bits per heavy atom. The van der Waals surface area contributed by atoms with Crippen LogP contribution in [0.25, 0.3) is 10.6 Å². The first kappa shape index (κ1) is 22.6. The normalized spacial score (nSPS) is 15.2. The van der Waals surface area contributed by atoms with Crippen LogP contribution in [0, 0.1) is 20.8 Å². The highest BCUT2D eigenvalue weighted by Crippen LogP contribution is 2.25. The lowest BCUT2D eigenvalue weighted by molar-refractivity contribution is -0.131. The second-order valence-electron chi connectivity index (χ2n) is 8.24. The fourth-order valence-electron chi connectivity index (χ4n) is 3.97. The summed E-state index contributed by atoms with van der Waals surface area (Å²) in [6.45, 7) is 7.18. The van der Waals surface area contributed by atoms with Gasteiger partial charge in [-0.25, -0.2) is 13.4 Å². The molecule has 0 saturated carbocycles. The molecule has 32 heavy (non-hydrogen) atoms. The third kappa shape index (κ3) is 4.77. The Kier molecular flexibility index (Phi) is 6.46. The van der Waals surface area contributed by atoms with Gasteiger partial charge in [0.1, 0.15) is 5.01 Å². The van der Waals surface area contributed by atoms with Gasteiger partial charge in [-0.15, -0.1) is 11.3 Å². The average molecular weight is 470 g/mol. The molecule has 0 unspecified atom stereocenters. The summed E-state index contributed by atoms with van der Waals surface area (Å²) in [6, 6.07) is 13.5. The quantitative estimate of drug-likeness (QED) is 0.570. The number of sulfonamides is 1. The lowest BCUT2D eigenvalue weighted by Gasteiger charge is -2.34.